The van der Waals surface area contributed by atoms with Gasteiger partial charge in [0.1, 0.15) is 6.61 Å². The monoisotopic (exact) mass is 319 g/mol. The third-order valence-corrected chi connectivity index (χ3v) is 3.26. The van der Waals surface area contributed by atoms with Crippen molar-refractivity contribution in [3.05, 3.63) is 63.6 Å². The van der Waals surface area contributed by atoms with Gasteiger partial charge in [-0.25, -0.2) is 4.79 Å². The highest BCUT2D eigenvalue weighted by atomic mass is 79.9. The van der Waals surface area contributed by atoms with Crippen LogP contribution in [0.2, 0.25) is 0 Å². The highest BCUT2D eigenvalue weighted by molar-refractivity contribution is 9.10. The van der Waals surface area contributed by atoms with Crippen molar-refractivity contribution < 1.29 is 9.53 Å². The van der Waals surface area contributed by atoms with Crippen molar-refractivity contribution in [2.75, 3.05) is 5.73 Å². The van der Waals surface area contributed by atoms with Crippen molar-refractivity contribution >= 4 is 27.6 Å². The average molecular weight is 320 g/mol. The molecule has 0 saturated heterocycles. The predicted molar refractivity (Wildman–Crippen MR) is 78.9 cm³/mol. The van der Waals surface area contributed by atoms with Gasteiger partial charge in [-0.2, -0.15) is 0 Å². The maximum atomic E-state index is 11.9. The van der Waals surface area contributed by atoms with Gasteiger partial charge in [-0.05, 0) is 48.4 Å². The molecule has 0 fully saturated rings. The molecule has 2 aromatic carbocycles. The van der Waals surface area contributed by atoms with E-state index in [4.69, 9.17) is 10.5 Å². The first-order valence-electron chi connectivity index (χ1n) is 5.84. The molecule has 3 nitrogen and oxygen atoms in total. The first-order chi connectivity index (χ1) is 9.06. The Hall–Kier alpha value is -1.81. The highest BCUT2D eigenvalue weighted by Crippen LogP contribution is 2.15. The summed E-state index contributed by atoms with van der Waals surface area (Å²) in [6.45, 7) is 2.11. The molecule has 19 heavy (non-hydrogen) atoms. The Balaban J connectivity index is 2.03. The molecule has 0 spiro atoms. The van der Waals surface area contributed by atoms with E-state index in [1.807, 2.05) is 31.2 Å². The Kier molecular flexibility index (Phi) is 4.22. The van der Waals surface area contributed by atoms with Gasteiger partial charge >= 0.3 is 5.97 Å². The van der Waals surface area contributed by atoms with Crippen molar-refractivity contribution in [2.24, 2.45) is 0 Å². The topological polar surface area (TPSA) is 52.3 Å². The van der Waals surface area contributed by atoms with Crippen LogP contribution in [0.3, 0.4) is 0 Å². The average Bonchev–Trinajstić information content (AvgIpc) is 2.39. The molecule has 98 valence electrons. The van der Waals surface area contributed by atoms with Crippen molar-refractivity contribution in [2.45, 2.75) is 13.5 Å². The summed E-state index contributed by atoms with van der Waals surface area (Å²) in [5.74, 6) is -0.344. The van der Waals surface area contributed by atoms with Crippen LogP contribution >= 0.6 is 15.9 Å². The molecule has 2 N–H and O–H groups in total. The molecule has 0 aliphatic carbocycles. The van der Waals surface area contributed by atoms with E-state index >= 15 is 0 Å². The number of carbonyl (C=O) groups is 1. The summed E-state index contributed by atoms with van der Waals surface area (Å²) < 4.78 is 6.23. The fourth-order valence-electron chi connectivity index (χ4n) is 1.66. The van der Waals surface area contributed by atoms with Gasteiger partial charge in [-0.3, -0.25) is 0 Å². The largest absolute Gasteiger partial charge is 0.457 e. The van der Waals surface area contributed by atoms with Crippen LogP contribution in [-0.2, 0) is 11.3 Å². The minimum Gasteiger partial charge on any atom is -0.457 e. The molecule has 4 heteroatoms. The lowest BCUT2D eigenvalue weighted by molar-refractivity contribution is 0.0472. The summed E-state index contributed by atoms with van der Waals surface area (Å²) in [6.07, 6.45) is 0. The molecule has 0 bridgehead atoms. The van der Waals surface area contributed by atoms with Crippen LogP contribution in [0.15, 0.2) is 46.9 Å². The van der Waals surface area contributed by atoms with Gasteiger partial charge < -0.3 is 10.5 Å². The van der Waals surface area contributed by atoms with Gasteiger partial charge in [0.25, 0.3) is 0 Å². The van der Waals surface area contributed by atoms with Gasteiger partial charge in [0.15, 0.2) is 0 Å². The number of esters is 1. The zero-order chi connectivity index (χ0) is 13.8. The Morgan fingerprint density at radius 2 is 2.05 bits per heavy atom. The Morgan fingerprint density at radius 1 is 1.26 bits per heavy atom. The maximum absolute atomic E-state index is 11.9. The van der Waals surface area contributed by atoms with Gasteiger partial charge in [0.2, 0.25) is 0 Å². The number of nitrogen functional groups attached to an aromatic ring is 1. The number of benzene rings is 2. The Bertz CT molecular complexity index is 611. The predicted octanol–water partition coefficient (Wildman–Crippen LogP) is 3.70. The quantitative estimate of drug-likeness (QED) is 0.693. The molecular formula is C15H14BrNO2. The third-order valence-electron chi connectivity index (χ3n) is 2.76. The van der Waals surface area contributed by atoms with E-state index in [0.717, 1.165) is 15.6 Å². The summed E-state index contributed by atoms with van der Waals surface area (Å²) in [6, 6.07) is 12.8. The molecule has 0 atom stereocenters. The lowest BCUT2D eigenvalue weighted by Gasteiger charge is -2.07. The smallest absolute Gasteiger partial charge is 0.338 e. The molecule has 0 aromatic heterocycles. The van der Waals surface area contributed by atoms with Crippen LogP contribution in [0.5, 0.6) is 0 Å². The molecular weight excluding hydrogens is 306 g/mol. The summed E-state index contributed by atoms with van der Waals surface area (Å²) >= 11 is 3.38. The van der Waals surface area contributed by atoms with Crippen LogP contribution in [0, 0.1) is 6.92 Å². The molecule has 0 unspecified atom stereocenters. The standard InChI is InChI=1S/C15H14BrNO2/c1-10-7-12(5-6-14(10)17)15(18)19-9-11-3-2-4-13(16)8-11/h2-8H,9,17H2,1H3. The third kappa shape index (κ3) is 3.58. The Morgan fingerprint density at radius 3 is 2.74 bits per heavy atom. The first kappa shape index (κ1) is 13.6. The summed E-state index contributed by atoms with van der Waals surface area (Å²) in [4.78, 5) is 11.9. The molecule has 0 radical (unpaired) electrons. The van der Waals surface area contributed by atoms with Crippen LogP contribution in [-0.4, -0.2) is 5.97 Å². The minimum absolute atomic E-state index is 0.252. The zero-order valence-corrected chi connectivity index (χ0v) is 12.1. The molecule has 0 amide bonds. The van der Waals surface area contributed by atoms with Crippen molar-refractivity contribution in [3.63, 3.8) is 0 Å². The van der Waals surface area contributed by atoms with Crippen molar-refractivity contribution in [1.82, 2.24) is 0 Å². The van der Waals surface area contributed by atoms with E-state index in [0.29, 0.717) is 11.3 Å². The van der Waals surface area contributed by atoms with E-state index in [-0.39, 0.29) is 12.6 Å². The maximum Gasteiger partial charge on any atom is 0.338 e. The first-order valence-corrected chi connectivity index (χ1v) is 6.63. The fourth-order valence-corrected chi connectivity index (χ4v) is 2.11. The zero-order valence-electron chi connectivity index (χ0n) is 10.5. The fraction of sp³-hybridized carbons (Fsp3) is 0.133. The number of nitrogens with two attached hydrogens (primary N) is 1. The number of rotatable bonds is 3. The second-order valence-corrected chi connectivity index (χ2v) is 5.19. The van der Waals surface area contributed by atoms with E-state index in [9.17, 15) is 4.79 Å². The minimum atomic E-state index is -0.344. The SMILES string of the molecule is Cc1cc(C(=O)OCc2cccc(Br)c2)ccc1N. The second kappa shape index (κ2) is 5.89. The normalized spacial score (nSPS) is 10.2. The lowest BCUT2D eigenvalue weighted by atomic mass is 10.1. The molecule has 2 rings (SSSR count). The van der Waals surface area contributed by atoms with Crippen molar-refractivity contribution in [3.8, 4) is 0 Å². The number of hydrogen-bond donors (Lipinski definition) is 1. The number of hydrogen-bond acceptors (Lipinski definition) is 3. The molecule has 0 aliphatic rings. The number of aryl methyl sites for hydroxylation is 1. The molecule has 0 aliphatic heterocycles. The Labute approximate surface area is 120 Å². The number of carbonyl (C=O) groups excluding carboxylic acids is 1. The lowest BCUT2D eigenvalue weighted by Crippen LogP contribution is -2.06. The van der Waals surface area contributed by atoms with Crippen LogP contribution in [0.1, 0.15) is 21.5 Å². The van der Waals surface area contributed by atoms with Gasteiger partial charge in [0, 0.05) is 10.2 Å². The van der Waals surface area contributed by atoms with E-state index in [2.05, 4.69) is 15.9 Å². The molecule has 0 heterocycles. The van der Waals surface area contributed by atoms with E-state index in [1.165, 1.54) is 0 Å². The summed E-state index contributed by atoms with van der Waals surface area (Å²) in [5.41, 5.74) is 8.71. The number of halogens is 1. The summed E-state index contributed by atoms with van der Waals surface area (Å²) in [5, 5.41) is 0. The van der Waals surface area contributed by atoms with Crippen LogP contribution < -0.4 is 5.73 Å². The van der Waals surface area contributed by atoms with Crippen LogP contribution in [0.25, 0.3) is 0 Å². The van der Waals surface area contributed by atoms with Gasteiger partial charge in [-0.15, -0.1) is 0 Å². The molecule has 0 saturated carbocycles. The number of anilines is 1. The van der Waals surface area contributed by atoms with Crippen LogP contribution in [0.4, 0.5) is 5.69 Å². The summed E-state index contributed by atoms with van der Waals surface area (Å²) in [7, 11) is 0. The van der Waals surface area contributed by atoms with Crippen molar-refractivity contribution in [1.29, 1.82) is 0 Å². The highest BCUT2D eigenvalue weighted by Gasteiger charge is 2.08. The van der Waals surface area contributed by atoms with Gasteiger partial charge in [0.05, 0.1) is 5.56 Å². The molecule has 2 aromatic rings. The van der Waals surface area contributed by atoms with E-state index in [1.54, 1.807) is 18.2 Å². The number of ether oxygens (including phenoxy) is 1. The second-order valence-electron chi connectivity index (χ2n) is 4.28. The van der Waals surface area contributed by atoms with Gasteiger partial charge in [-0.1, -0.05) is 28.1 Å². The van der Waals surface area contributed by atoms with E-state index < -0.39 is 0 Å².